The molecule has 0 aromatic heterocycles. The molecule has 0 aromatic rings. The quantitative estimate of drug-likeness (QED) is 0.251. The summed E-state index contributed by atoms with van der Waals surface area (Å²) in [7, 11) is 1.79. The monoisotopic (exact) mass is 437 g/mol. The number of likely N-dealkylation sites (tertiary alicyclic amines) is 1. The van der Waals surface area contributed by atoms with E-state index in [-0.39, 0.29) is 35.8 Å². The zero-order valence-corrected chi connectivity index (χ0v) is 17.1. The van der Waals surface area contributed by atoms with E-state index in [1.807, 2.05) is 0 Å². The molecular formula is C16H32IN5O. The highest BCUT2D eigenvalue weighted by Gasteiger charge is 2.31. The van der Waals surface area contributed by atoms with Crippen LogP contribution in [0.3, 0.4) is 0 Å². The van der Waals surface area contributed by atoms with Crippen molar-refractivity contribution in [1.82, 2.24) is 20.9 Å². The number of rotatable bonds is 6. The second-order valence-corrected chi connectivity index (χ2v) is 6.84. The second-order valence-electron chi connectivity index (χ2n) is 6.84. The predicted molar refractivity (Wildman–Crippen MR) is 105 cm³/mol. The molecule has 1 amide bonds. The SMILES string of the molecule is CN=C(NCCNC(=O)C1CC1)NC1CN(C(C)C)CC1C.I. The van der Waals surface area contributed by atoms with Crippen molar-refractivity contribution in [2.24, 2.45) is 16.8 Å². The highest BCUT2D eigenvalue weighted by Crippen LogP contribution is 2.28. The van der Waals surface area contributed by atoms with Crippen LogP contribution >= 0.6 is 24.0 Å². The highest BCUT2D eigenvalue weighted by molar-refractivity contribution is 14.0. The van der Waals surface area contributed by atoms with Crippen LogP contribution in [0.15, 0.2) is 4.99 Å². The zero-order chi connectivity index (χ0) is 16.1. The fraction of sp³-hybridized carbons (Fsp3) is 0.875. The summed E-state index contributed by atoms with van der Waals surface area (Å²) in [5.74, 6) is 1.90. The van der Waals surface area contributed by atoms with Crippen LogP contribution in [0.2, 0.25) is 0 Å². The molecule has 0 bridgehead atoms. The molecule has 134 valence electrons. The van der Waals surface area contributed by atoms with Crippen LogP contribution in [-0.4, -0.2) is 62.1 Å². The summed E-state index contributed by atoms with van der Waals surface area (Å²) in [4.78, 5) is 18.3. The molecule has 2 unspecified atom stereocenters. The van der Waals surface area contributed by atoms with Gasteiger partial charge in [0.25, 0.3) is 0 Å². The standard InChI is InChI=1S/C16H31N5O.HI/c1-11(2)21-9-12(3)14(10-21)20-16(17-4)19-8-7-18-15(22)13-5-6-13;/h11-14H,5-10H2,1-4H3,(H,18,22)(H2,17,19,20);1H. The summed E-state index contributed by atoms with van der Waals surface area (Å²) < 4.78 is 0. The fourth-order valence-electron chi connectivity index (χ4n) is 2.84. The van der Waals surface area contributed by atoms with Crippen molar-refractivity contribution in [3.05, 3.63) is 0 Å². The van der Waals surface area contributed by atoms with Crippen LogP contribution in [0.25, 0.3) is 0 Å². The second kappa shape index (κ2) is 9.66. The number of halogens is 1. The van der Waals surface area contributed by atoms with Crippen molar-refractivity contribution in [3.63, 3.8) is 0 Å². The van der Waals surface area contributed by atoms with Crippen LogP contribution in [0, 0.1) is 11.8 Å². The number of guanidine groups is 1. The molecule has 3 N–H and O–H groups in total. The largest absolute Gasteiger partial charge is 0.355 e. The topological polar surface area (TPSA) is 68.8 Å². The third kappa shape index (κ3) is 6.45. The van der Waals surface area contributed by atoms with E-state index >= 15 is 0 Å². The molecule has 2 aliphatic rings. The minimum atomic E-state index is 0. The van der Waals surface area contributed by atoms with Gasteiger partial charge in [0.15, 0.2) is 5.96 Å². The first-order valence-electron chi connectivity index (χ1n) is 8.50. The Labute approximate surface area is 157 Å². The van der Waals surface area contributed by atoms with Gasteiger partial charge in [0.2, 0.25) is 5.91 Å². The number of hydrogen-bond donors (Lipinski definition) is 3. The average Bonchev–Trinajstić information content (AvgIpc) is 3.26. The summed E-state index contributed by atoms with van der Waals surface area (Å²) in [6.07, 6.45) is 2.10. The molecule has 2 atom stereocenters. The van der Waals surface area contributed by atoms with Crippen molar-refractivity contribution in [2.45, 2.75) is 45.7 Å². The van der Waals surface area contributed by atoms with Crippen LogP contribution in [0.5, 0.6) is 0 Å². The van der Waals surface area contributed by atoms with Crippen molar-refractivity contribution in [3.8, 4) is 0 Å². The van der Waals surface area contributed by atoms with E-state index in [0.717, 1.165) is 31.9 Å². The number of aliphatic imine (C=N–C) groups is 1. The first-order valence-corrected chi connectivity index (χ1v) is 8.50. The minimum Gasteiger partial charge on any atom is -0.355 e. The molecular weight excluding hydrogens is 405 g/mol. The maximum absolute atomic E-state index is 11.6. The van der Waals surface area contributed by atoms with Crippen molar-refractivity contribution >= 4 is 35.8 Å². The molecule has 23 heavy (non-hydrogen) atoms. The Hall–Kier alpha value is -0.570. The molecule has 6 nitrogen and oxygen atoms in total. The number of carbonyl (C=O) groups excluding carboxylic acids is 1. The van der Waals surface area contributed by atoms with Crippen molar-refractivity contribution < 1.29 is 4.79 Å². The van der Waals surface area contributed by atoms with E-state index in [0.29, 0.717) is 31.1 Å². The lowest BCUT2D eigenvalue weighted by Gasteiger charge is -2.22. The fourth-order valence-corrected chi connectivity index (χ4v) is 2.84. The van der Waals surface area contributed by atoms with Gasteiger partial charge in [-0.05, 0) is 32.6 Å². The molecule has 7 heteroatoms. The maximum atomic E-state index is 11.6. The Morgan fingerprint density at radius 1 is 1.22 bits per heavy atom. The maximum Gasteiger partial charge on any atom is 0.223 e. The van der Waals surface area contributed by atoms with Gasteiger partial charge in [-0.15, -0.1) is 24.0 Å². The van der Waals surface area contributed by atoms with Gasteiger partial charge in [-0.3, -0.25) is 14.7 Å². The van der Waals surface area contributed by atoms with E-state index in [4.69, 9.17) is 0 Å². The molecule has 1 heterocycles. The summed E-state index contributed by atoms with van der Waals surface area (Å²) in [6.45, 7) is 10.3. The van der Waals surface area contributed by atoms with Crippen molar-refractivity contribution in [1.29, 1.82) is 0 Å². The van der Waals surface area contributed by atoms with Gasteiger partial charge in [-0.1, -0.05) is 6.92 Å². The molecule has 0 spiro atoms. The molecule has 0 radical (unpaired) electrons. The average molecular weight is 437 g/mol. The van der Waals surface area contributed by atoms with Crippen LogP contribution in [0.1, 0.15) is 33.6 Å². The summed E-state index contributed by atoms with van der Waals surface area (Å²) in [6, 6.07) is 1.01. The third-order valence-corrected chi connectivity index (χ3v) is 4.58. The normalized spacial score (nSPS) is 25.2. The first-order chi connectivity index (χ1) is 10.5. The lowest BCUT2D eigenvalue weighted by Crippen LogP contribution is -2.48. The van der Waals surface area contributed by atoms with E-state index in [9.17, 15) is 4.79 Å². The van der Waals surface area contributed by atoms with Gasteiger partial charge in [-0.2, -0.15) is 0 Å². The van der Waals surface area contributed by atoms with Gasteiger partial charge >= 0.3 is 0 Å². The summed E-state index contributed by atoms with van der Waals surface area (Å²) >= 11 is 0. The Kier molecular flexibility index (Phi) is 8.60. The molecule has 1 saturated heterocycles. The van der Waals surface area contributed by atoms with Gasteiger partial charge in [0.05, 0.1) is 0 Å². The van der Waals surface area contributed by atoms with Gasteiger partial charge < -0.3 is 16.0 Å². The van der Waals surface area contributed by atoms with Crippen LogP contribution < -0.4 is 16.0 Å². The first kappa shape index (κ1) is 20.5. The highest BCUT2D eigenvalue weighted by atomic mass is 127. The van der Waals surface area contributed by atoms with E-state index in [2.05, 4.69) is 46.6 Å². The predicted octanol–water partition coefficient (Wildman–Crippen LogP) is 1.02. The summed E-state index contributed by atoms with van der Waals surface area (Å²) in [5.41, 5.74) is 0. The number of hydrogen-bond acceptors (Lipinski definition) is 3. The Balaban J connectivity index is 0.00000264. The number of nitrogens with one attached hydrogen (secondary N) is 3. The Bertz CT molecular complexity index is 411. The van der Waals surface area contributed by atoms with E-state index < -0.39 is 0 Å². The Morgan fingerprint density at radius 3 is 2.39 bits per heavy atom. The van der Waals surface area contributed by atoms with Gasteiger partial charge in [0.1, 0.15) is 0 Å². The van der Waals surface area contributed by atoms with Gasteiger partial charge in [0, 0.05) is 51.2 Å². The van der Waals surface area contributed by atoms with Crippen LogP contribution in [0.4, 0.5) is 0 Å². The smallest absolute Gasteiger partial charge is 0.223 e. The molecule has 1 saturated carbocycles. The van der Waals surface area contributed by atoms with Crippen molar-refractivity contribution in [2.75, 3.05) is 33.2 Å². The van der Waals surface area contributed by atoms with Crippen LogP contribution in [-0.2, 0) is 4.79 Å². The molecule has 1 aliphatic carbocycles. The third-order valence-electron chi connectivity index (χ3n) is 4.58. The lowest BCUT2D eigenvalue weighted by atomic mass is 10.1. The molecule has 0 aromatic carbocycles. The number of nitrogens with zero attached hydrogens (tertiary/aromatic N) is 2. The zero-order valence-electron chi connectivity index (χ0n) is 14.8. The lowest BCUT2D eigenvalue weighted by molar-refractivity contribution is -0.122. The number of amides is 1. The molecule has 2 rings (SSSR count). The van der Waals surface area contributed by atoms with Gasteiger partial charge in [-0.25, -0.2) is 0 Å². The number of carbonyl (C=O) groups is 1. The Morgan fingerprint density at radius 2 is 1.87 bits per heavy atom. The van der Waals surface area contributed by atoms with E-state index in [1.54, 1.807) is 7.05 Å². The minimum absolute atomic E-state index is 0. The molecule has 2 fully saturated rings. The van der Waals surface area contributed by atoms with E-state index in [1.165, 1.54) is 0 Å². The molecule has 1 aliphatic heterocycles. The summed E-state index contributed by atoms with van der Waals surface area (Å²) in [5, 5.41) is 9.75.